The van der Waals surface area contributed by atoms with E-state index >= 15 is 0 Å². The van der Waals surface area contributed by atoms with E-state index in [0.29, 0.717) is 18.1 Å². The first-order valence-corrected chi connectivity index (χ1v) is 5.17. The lowest BCUT2D eigenvalue weighted by Crippen LogP contribution is -2.42. The minimum absolute atomic E-state index is 0.331. The molecule has 1 aliphatic heterocycles. The quantitative estimate of drug-likeness (QED) is 0.673. The molecular formula is C11H21NO. The van der Waals surface area contributed by atoms with Crippen LogP contribution in [0.25, 0.3) is 0 Å². The van der Waals surface area contributed by atoms with Gasteiger partial charge in [-0.15, -0.1) is 0 Å². The first-order chi connectivity index (χ1) is 6.16. The molecule has 0 aromatic heterocycles. The van der Waals surface area contributed by atoms with Gasteiger partial charge in [-0.2, -0.15) is 0 Å². The Bertz CT molecular complexity index is 179. The minimum Gasteiger partial charge on any atom is -0.376 e. The van der Waals surface area contributed by atoms with Crippen LogP contribution in [0.5, 0.6) is 0 Å². The normalized spacial score (nSPS) is 30.4. The Hall–Kier alpha value is -0.340. The lowest BCUT2D eigenvalue weighted by molar-refractivity contribution is 0.0718. The van der Waals surface area contributed by atoms with E-state index in [0.717, 1.165) is 13.2 Å². The maximum Gasteiger partial charge on any atom is 0.0792 e. The maximum absolute atomic E-state index is 5.72. The van der Waals surface area contributed by atoms with Crippen LogP contribution in [0.15, 0.2) is 12.2 Å². The van der Waals surface area contributed by atoms with Crippen molar-refractivity contribution in [3.05, 3.63) is 12.2 Å². The van der Waals surface area contributed by atoms with Crippen LogP contribution in [0.4, 0.5) is 0 Å². The van der Waals surface area contributed by atoms with Gasteiger partial charge in [0.25, 0.3) is 0 Å². The highest BCUT2D eigenvalue weighted by molar-refractivity contribution is 5.07. The van der Waals surface area contributed by atoms with Gasteiger partial charge in [0.1, 0.15) is 0 Å². The van der Waals surface area contributed by atoms with Gasteiger partial charge in [0.15, 0.2) is 0 Å². The number of rotatable bonds is 4. The monoisotopic (exact) mass is 183 g/mol. The van der Waals surface area contributed by atoms with Crippen molar-refractivity contribution in [3.63, 3.8) is 0 Å². The van der Waals surface area contributed by atoms with Crippen LogP contribution in [-0.4, -0.2) is 25.3 Å². The predicted molar refractivity (Wildman–Crippen MR) is 55.8 cm³/mol. The molecule has 1 N–H and O–H groups in total. The number of nitrogens with one attached hydrogen (secondary N) is 1. The molecule has 0 aliphatic carbocycles. The Morgan fingerprint density at radius 1 is 1.69 bits per heavy atom. The zero-order chi connectivity index (χ0) is 9.84. The zero-order valence-electron chi connectivity index (χ0n) is 8.97. The fourth-order valence-corrected chi connectivity index (χ4v) is 1.93. The average Bonchev–Trinajstić information content (AvgIpc) is 2.47. The van der Waals surface area contributed by atoms with E-state index in [1.165, 1.54) is 12.0 Å². The molecule has 1 heterocycles. The summed E-state index contributed by atoms with van der Waals surface area (Å²) in [5.41, 5.74) is 1.18. The van der Waals surface area contributed by atoms with Gasteiger partial charge < -0.3 is 10.1 Å². The van der Waals surface area contributed by atoms with Crippen LogP contribution in [0.3, 0.4) is 0 Å². The SMILES string of the molecule is C=C(C)C(NCC)C1OCCC1C. The molecule has 0 saturated carbocycles. The number of hydrogen-bond acceptors (Lipinski definition) is 2. The highest BCUT2D eigenvalue weighted by Crippen LogP contribution is 2.25. The van der Waals surface area contributed by atoms with Gasteiger partial charge >= 0.3 is 0 Å². The molecule has 1 fully saturated rings. The molecule has 1 rings (SSSR count). The Labute approximate surface area is 81.4 Å². The second-order valence-corrected chi connectivity index (χ2v) is 3.98. The van der Waals surface area contributed by atoms with Crippen molar-refractivity contribution in [1.82, 2.24) is 5.32 Å². The summed E-state index contributed by atoms with van der Waals surface area (Å²) >= 11 is 0. The smallest absolute Gasteiger partial charge is 0.0792 e. The fourth-order valence-electron chi connectivity index (χ4n) is 1.93. The van der Waals surface area contributed by atoms with Crippen molar-refractivity contribution < 1.29 is 4.74 Å². The van der Waals surface area contributed by atoms with E-state index in [-0.39, 0.29) is 0 Å². The summed E-state index contributed by atoms with van der Waals surface area (Å²) in [5, 5.41) is 3.43. The maximum atomic E-state index is 5.72. The van der Waals surface area contributed by atoms with Crippen LogP contribution in [0, 0.1) is 5.92 Å². The lowest BCUT2D eigenvalue weighted by atomic mass is 9.94. The molecule has 76 valence electrons. The van der Waals surface area contributed by atoms with Crippen LogP contribution < -0.4 is 5.32 Å². The molecule has 3 unspecified atom stereocenters. The molecular weight excluding hydrogens is 162 g/mol. The number of likely N-dealkylation sites (N-methyl/N-ethyl adjacent to an activating group) is 1. The fraction of sp³-hybridized carbons (Fsp3) is 0.818. The van der Waals surface area contributed by atoms with E-state index in [1.54, 1.807) is 0 Å². The van der Waals surface area contributed by atoms with Crippen molar-refractivity contribution >= 4 is 0 Å². The van der Waals surface area contributed by atoms with Crippen molar-refractivity contribution in [2.75, 3.05) is 13.2 Å². The summed E-state index contributed by atoms with van der Waals surface area (Å²) in [6.45, 7) is 12.3. The molecule has 0 amide bonds. The molecule has 2 heteroatoms. The topological polar surface area (TPSA) is 21.3 Å². The van der Waals surface area contributed by atoms with Crippen LogP contribution in [0.2, 0.25) is 0 Å². The number of hydrogen-bond donors (Lipinski definition) is 1. The van der Waals surface area contributed by atoms with E-state index in [9.17, 15) is 0 Å². The first kappa shape index (κ1) is 10.7. The summed E-state index contributed by atoms with van der Waals surface area (Å²) in [4.78, 5) is 0. The Kier molecular flexibility index (Phi) is 3.94. The molecule has 0 spiro atoms. The van der Waals surface area contributed by atoms with Gasteiger partial charge in [0.2, 0.25) is 0 Å². The molecule has 0 aromatic carbocycles. The summed E-state index contributed by atoms with van der Waals surface area (Å²) in [6, 6.07) is 0.336. The largest absolute Gasteiger partial charge is 0.376 e. The molecule has 0 aromatic rings. The van der Waals surface area contributed by atoms with Gasteiger partial charge in [0, 0.05) is 6.61 Å². The van der Waals surface area contributed by atoms with Crippen LogP contribution in [0.1, 0.15) is 27.2 Å². The highest BCUT2D eigenvalue weighted by Gasteiger charge is 2.31. The molecule has 13 heavy (non-hydrogen) atoms. The van der Waals surface area contributed by atoms with Crippen LogP contribution >= 0.6 is 0 Å². The van der Waals surface area contributed by atoms with E-state index < -0.39 is 0 Å². The summed E-state index contributed by atoms with van der Waals surface area (Å²) in [5.74, 6) is 0.653. The third kappa shape index (κ3) is 2.55. The van der Waals surface area contributed by atoms with Gasteiger partial charge in [0.05, 0.1) is 12.1 Å². The van der Waals surface area contributed by atoms with E-state index in [4.69, 9.17) is 4.74 Å². The van der Waals surface area contributed by atoms with Crippen molar-refractivity contribution in [2.45, 2.75) is 39.3 Å². The summed E-state index contributed by atoms with van der Waals surface area (Å²) in [7, 11) is 0. The third-order valence-electron chi connectivity index (χ3n) is 2.73. The molecule has 0 radical (unpaired) electrons. The average molecular weight is 183 g/mol. The van der Waals surface area contributed by atoms with E-state index in [2.05, 4.69) is 32.7 Å². The molecule has 3 atom stereocenters. The minimum atomic E-state index is 0.331. The molecule has 2 nitrogen and oxygen atoms in total. The molecule has 0 bridgehead atoms. The zero-order valence-corrected chi connectivity index (χ0v) is 8.97. The lowest BCUT2D eigenvalue weighted by Gasteiger charge is -2.27. The molecule has 1 aliphatic rings. The van der Waals surface area contributed by atoms with Crippen molar-refractivity contribution in [3.8, 4) is 0 Å². The third-order valence-corrected chi connectivity index (χ3v) is 2.73. The number of ether oxygens (including phenoxy) is 1. The van der Waals surface area contributed by atoms with Gasteiger partial charge in [-0.3, -0.25) is 0 Å². The van der Waals surface area contributed by atoms with Gasteiger partial charge in [-0.05, 0) is 25.8 Å². The van der Waals surface area contributed by atoms with Crippen LogP contribution in [-0.2, 0) is 4.74 Å². The Balaban J connectivity index is 2.57. The second-order valence-electron chi connectivity index (χ2n) is 3.98. The van der Waals surface area contributed by atoms with Gasteiger partial charge in [-0.25, -0.2) is 0 Å². The van der Waals surface area contributed by atoms with Crippen molar-refractivity contribution in [1.29, 1.82) is 0 Å². The van der Waals surface area contributed by atoms with Gasteiger partial charge in [-0.1, -0.05) is 26.0 Å². The highest BCUT2D eigenvalue weighted by atomic mass is 16.5. The predicted octanol–water partition coefficient (Wildman–Crippen LogP) is 1.97. The first-order valence-electron chi connectivity index (χ1n) is 5.17. The molecule has 1 saturated heterocycles. The Morgan fingerprint density at radius 2 is 2.38 bits per heavy atom. The Morgan fingerprint density at radius 3 is 2.77 bits per heavy atom. The van der Waals surface area contributed by atoms with E-state index in [1.807, 2.05) is 0 Å². The summed E-state index contributed by atoms with van der Waals surface area (Å²) < 4.78 is 5.72. The standard InChI is InChI=1S/C11H21NO/c1-5-12-10(8(2)3)11-9(4)6-7-13-11/h9-12H,2,5-7H2,1,3-4H3. The second kappa shape index (κ2) is 4.77. The summed E-state index contributed by atoms with van der Waals surface area (Å²) in [6.07, 6.45) is 1.51. The van der Waals surface area contributed by atoms with Crippen molar-refractivity contribution in [2.24, 2.45) is 5.92 Å².